The first kappa shape index (κ1) is 10.6. The van der Waals surface area contributed by atoms with Crippen molar-refractivity contribution >= 4 is 0 Å². The van der Waals surface area contributed by atoms with Gasteiger partial charge in [0.1, 0.15) is 12.4 Å². The van der Waals surface area contributed by atoms with Crippen LogP contribution in [0, 0.1) is 0 Å². The van der Waals surface area contributed by atoms with Crippen molar-refractivity contribution in [2.75, 3.05) is 6.61 Å². The van der Waals surface area contributed by atoms with E-state index in [-0.39, 0.29) is 12.4 Å². The molecule has 0 bridgehead atoms. The van der Waals surface area contributed by atoms with Gasteiger partial charge in [-0.05, 0) is 18.2 Å². The summed E-state index contributed by atoms with van der Waals surface area (Å²) in [6.45, 7) is 3.60. The fourth-order valence-corrected chi connectivity index (χ4v) is 0.917. The van der Waals surface area contributed by atoms with E-state index in [9.17, 15) is 13.2 Å². The van der Waals surface area contributed by atoms with Crippen molar-refractivity contribution in [1.29, 1.82) is 0 Å². The minimum absolute atomic E-state index is 0.194. The zero-order valence-electron chi connectivity index (χ0n) is 7.34. The van der Waals surface area contributed by atoms with E-state index in [0.29, 0.717) is 0 Å². The predicted octanol–water partition coefficient (Wildman–Crippen LogP) is 3.27. The van der Waals surface area contributed by atoms with Crippen molar-refractivity contribution in [3.8, 4) is 5.75 Å². The minimum Gasteiger partial charge on any atom is -0.490 e. The molecule has 0 aromatic heterocycles. The first-order chi connectivity index (χ1) is 6.54. The summed E-state index contributed by atoms with van der Waals surface area (Å²) in [5, 5.41) is 0. The van der Waals surface area contributed by atoms with Crippen molar-refractivity contribution in [1.82, 2.24) is 0 Å². The zero-order chi connectivity index (χ0) is 10.6. The van der Waals surface area contributed by atoms with E-state index in [4.69, 9.17) is 4.74 Å². The average molecular weight is 202 g/mol. The smallest absolute Gasteiger partial charge is 0.416 e. The van der Waals surface area contributed by atoms with Crippen LogP contribution in [0.3, 0.4) is 0 Å². The van der Waals surface area contributed by atoms with Crippen LogP contribution in [-0.2, 0) is 6.18 Å². The van der Waals surface area contributed by atoms with Crippen LogP contribution in [0.2, 0.25) is 0 Å². The van der Waals surface area contributed by atoms with Gasteiger partial charge in [-0.15, -0.1) is 0 Å². The van der Waals surface area contributed by atoms with E-state index in [1.54, 1.807) is 0 Å². The number of hydrogen-bond donors (Lipinski definition) is 0. The van der Waals surface area contributed by atoms with Gasteiger partial charge in [-0.2, -0.15) is 13.2 Å². The van der Waals surface area contributed by atoms with E-state index in [0.717, 1.165) is 12.1 Å². The van der Waals surface area contributed by atoms with E-state index in [2.05, 4.69) is 6.58 Å². The second-order valence-electron chi connectivity index (χ2n) is 2.63. The quantitative estimate of drug-likeness (QED) is 0.683. The minimum atomic E-state index is -4.33. The van der Waals surface area contributed by atoms with Crippen molar-refractivity contribution < 1.29 is 17.9 Å². The topological polar surface area (TPSA) is 9.23 Å². The molecule has 0 heterocycles. The molecule has 0 N–H and O–H groups in total. The molecule has 0 unspecified atom stereocenters. The highest BCUT2D eigenvalue weighted by molar-refractivity contribution is 5.30. The molecule has 1 aromatic rings. The van der Waals surface area contributed by atoms with Crippen LogP contribution in [0.1, 0.15) is 5.56 Å². The molecule has 1 aromatic carbocycles. The third-order valence-corrected chi connectivity index (χ3v) is 1.53. The van der Waals surface area contributed by atoms with Crippen molar-refractivity contribution in [2.24, 2.45) is 0 Å². The molecule has 4 heteroatoms. The van der Waals surface area contributed by atoms with Gasteiger partial charge in [0, 0.05) is 0 Å². The predicted molar refractivity (Wildman–Crippen MR) is 47.1 cm³/mol. The normalized spacial score (nSPS) is 11.1. The summed E-state index contributed by atoms with van der Waals surface area (Å²) in [6.07, 6.45) is -2.85. The Balaban J connectivity index is 2.84. The lowest BCUT2D eigenvalue weighted by Gasteiger charge is -2.08. The van der Waals surface area contributed by atoms with Crippen LogP contribution < -0.4 is 4.74 Å². The van der Waals surface area contributed by atoms with Gasteiger partial charge in [0.05, 0.1) is 5.56 Å². The van der Waals surface area contributed by atoms with Gasteiger partial charge in [-0.25, -0.2) is 0 Å². The van der Waals surface area contributed by atoms with E-state index in [1.807, 2.05) is 0 Å². The van der Waals surface area contributed by atoms with Crippen molar-refractivity contribution in [3.63, 3.8) is 0 Å². The molecular weight excluding hydrogens is 193 g/mol. The molecule has 14 heavy (non-hydrogen) atoms. The van der Waals surface area contributed by atoms with Crippen LogP contribution in [0.15, 0.2) is 36.9 Å². The number of benzene rings is 1. The van der Waals surface area contributed by atoms with Gasteiger partial charge >= 0.3 is 6.18 Å². The molecule has 0 radical (unpaired) electrons. The maximum absolute atomic E-state index is 12.2. The molecule has 1 rings (SSSR count). The van der Waals surface area contributed by atoms with E-state index < -0.39 is 11.7 Å². The molecule has 0 fully saturated rings. The van der Waals surface area contributed by atoms with Gasteiger partial charge in [0.25, 0.3) is 0 Å². The molecule has 76 valence electrons. The highest BCUT2D eigenvalue weighted by atomic mass is 19.4. The fourth-order valence-electron chi connectivity index (χ4n) is 0.917. The van der Waals surface area contributed by atoms with E-state index >= 15 is 0 Å². The third kappa shape index (κ3) is 2.80. The second kappa shape index (κ2) is 4.17. The van der Waals surface area contributed by atoms with E-state index in [1.165, 1.54) is 18.2 Å². The number of ether oxygens (including phenoxy) is 1. The first-order valence-electron chi connectivity index (χ1n) is 3.95. The summed E-state index contributed by atoms with van der Waals surface area (Å²) in [5.74, 6) is 0.194. The first-order valence-corrected chi connectivity index (χ1v) is 3.95. The Labute approximate surface area is 79.8 Å². The molecule has 0 saturated carbocycles. The largest absolute Gasteiger partial charge is 0.490 e. The number of alkyl halides is 3. The van der Waals surface area contributed by atoms with Crippen LogP contribution in [-0.4, -0.2) is 6.61 Å². The average Bonchev–Trinajstić information content (AvgIpc) is 2.14. The van der Waals surface area contributed by atoms with Crippen LogP contribution in [0.4, 0.5) is 13.2 Å². The zero-order valence-corrected chi connectivity index (χ0v) is 7.34. The lowest BCUT2D eigenvalue weighted by atomic mass is 10.2. The Kier molecular flexibility index (Phi) is 3.17. The maximum atomic E-state index is 12.2. The van der Waals surface area contributed by atoms with Crippen LogP contribution >= 0.6 is 0 Å². The lowest BCUT2D eigenvalue weighted by molar-refractivity contribution is -0.137. The number of hydrogen-bond acceptors (Lipinski definition) is 1. The Morgan fingerprint density at radius 2 is 2.07 bits per heavy atom. The van der Waals surface area contributed by atoms with Gasteiger partial charge in [0.15, 0.2) is 0 Å². The standard InChI is InChI=1S/C10H9F3O/c1-2-6-14-9-5-3-4-8(7-9)10(11,12)13/h2-5,7H,1,6H2. The Morgan fingerprint density at radius 3 is 2.64 bits per heavy atom. The summed E-state index contributed by atoms with van der Waals surface area (Å²) in [4.78, 5) is 0. The third-order valence-electron chi connectivity index (χ3n) is 1.53. The van der Waals surface area contributed by atoms with Crippen molar-refractivity contribution in [3.05, 3.63) is 42.5 Å². The SMILES string of the molecule is C=CCOc1cccc(C(F)(F)F)c1. The number of rotatable bonds is 3. The highest BCUT2D eigenvalue weighted by Crippen LogP contribution is 2.31. The molecule has 0 aliphatic heterocycles. The van der Waals surface area contributed by atoms with Gasteiger partial charge in [0.2, 0.25) is 0 Å². The molecule has 0 aliphatic carbocycles. The van der Waals surface area contributed by atoms with Gasteiger partial charge in [-0.3, -0.25) is 0 Å². The summed E-state index contributed by atoms with van der Waals surface area (Å²) >= 11 is 0. The highest BCUT2D eigenvalue weighted by Gasteiger charge is 2.30. The summed E-state index contributed by atoms with van der Waals surface area (Å²) in [6, 6.07) is 4.74. The molecular formula is C10H9F3O. The Bertz CT molecular complexity index is 317. The second-order valence-corrected chi connectivity index (χ2v) is 2.63. The lowest BCUT2D eigenvalue weighted by Crippen LogP contribution is -2.05. The molecule has 0 amide bonds. The van der Waals surface area contributed by atoms with Crippen LogP contribution in [0.25, 0.3) is 0 Å². The van der Waals surface area contributed by atoms with Gasteiger partial charge < -0.3 is 4.74 Å². The van der Waals surface area contributed by atoms with Crippen molar-refractivity contribution in [2.45, 2.75) is 6.18 Å². The van der Waals surface area contributed by atoms with Gasteiger partial charge in [-0.1, -0.05) is 18.7 Å². The molecule has 0 atom stereocenters. The fraction of sp³-hybridized carbons (Fsp3) is 0.200. The maximum Gasteiger partial charge on any atom is 0.416 e. The molecule has 0 saturated heterocycles. The molecule has 1 nitrogen and oxygen atoms in total. The summed E-state index contributed by atoms with van der Waals surface area (Å²) < 4.78 is 41.6. The molecule has 0 spiro atoms. The summed E-state index contributed by atoms with van der Waals surface area (Å²) in [5.41, 5.74) is -0.709. The molecule has 0 aliphatic rings. The monoisotopic (exact) mass is 202 g/mol. The Hall–Kier alpha value is -1.45. The summed E-state index contributed by atoms with van der Waals surface area (Å²) in [7, 11) is 0. The number of halogens is 3. The van der Waals surface area contributed by atoms with Crippen LogP contribution in [0.5, 0.6) is 5.75 Å². The Morgan fingerprint density at radius 1 is 1.36 bits per heavy atom.